The third-order valence-electron chi connectivity index (χ3n) is 7.00. The molecule has 6 heteroatoms. The summed E-state index contributed by atoms with van der Waals surface area (Å²) in [6.45, 7) is 3.51. The molecule has 0 saturated heterocycles. The first kappa shape index (κ1) is 34.4. The summed E-state index contributed by atoms with van der Waals surface area (Å²) in [7, 11) is 3.23. The van der Waals surface area contributed by atoms with Crippen LogP contribution < -0.4 is 4.74 Å². The number of aryl methyl sites for hydroxylation is 1. The number of benzene rings is 4. The Morgan fingerprint density at radius 2 is 1.36 bits per heavy atom. The third kappa shape index (κ3) is 10.6. The van der Waals surface area contributed by atoms with Crippen LogP contribution in [0.15, 0.2) is 127 Å². The lowest BCUT2D eigenvalue weighted by Crippen LogP contribution is -2.29. The quantitative estimate of drug-likeness (QED) is 0.141. The summed E-state index contributed by atoms with van der Waals surface area (Å²) in [5.41, 5.74) is 6.68. The lowest BCUT2D eigenvalue weighted by atomic mass is 9.94. The van der Waals surface area contributed by atoms with Gasteiger partial charge in [0.1, 0.15) is 24.4 Å². The van der Waals surface area contributed by atoms with Crippen LogP contribution in [0.5, 0.6) is 5.75 Å². The maximum atomic E-state index is 12.8. The molecule has 1 aliphatic carbocycles. The van der Waals surface area contributed by atoms with E-state index in [9.17, 15) is 9.59 Å². The average molecular weight is 605 g/mol. The second-order valence-corrected chi connectivity index (χ2v) is 10.1. The van der Waals surface area contributed by atoms with E-state index in [-0.39, 0.29) is 12.1 Å². The van der Waals surface area contributed by atoms with Crippen LogP contribution >= 0.6 is 0 Å². The topological polar surface area (TPSA) is 78.9 Å². The van der Waals surface area contributed by atoms with Crippen molar-refractivity contribution < 1.29 is 28.6 Å². The Morgan fingerprint density at radius 1 is 0.756 bits per heavy atom. The first-order valence-electron chi connectivity index (χ1n) is 14.8. The van der Waals surface area contributed by atoms with E-state index in [1.807, 2.05) is 60.7 Å². The third-order valence-corrected chi connectivity index (χ3v) is 7.00. The molecule has 4 aromatic rings. The van der Waals surface area contributed by atoms with E-state index in [1.165, 1.54) is 18.1 Å². The van der Waals surface area contributed by atoms with Crippen LogP contribution in [0.3, 0.4) is 0 Å². The molecule has 0 spiro atoms. The number of carbonyl (C=O) groups excluding carboxylic acids is 3. The standard InChI is InChI=1S/C23H24O4.C14H12O.C2H4O/c1-25-20-15-13-19(14-16-20)23(24)27-22(18-11-7-4-8-12-18)21(26-2)17-9-5-3-6-10-17;1-11-2-6-13(7-3-11)14-8-4-12(10-15)5-9-14;1-2-3/h3,5-7,9-16,21-22H,4,8H2,1-2H3;2-10H,1H3;2H,1H3/t21-,22-;;/m1../s1. The fraction of sp³-hybridized carbons (Fsp3) is 0.205. The maximum absolute atomic E-state index is 12.8. The minimum absolute atomic E-state index is 0.387. The largest absolute Gasteiger partial charge is 0.497 e. The van der Waals surface area contributed by atoms with E-state index in [0.29, 0.717) is 16.9 Å². The van der Waals surface area contributed by atoms with E-state index in [4.69, 9.17) is 19.0 Å². The van der Waals surface area contributed by atoms with Crippen LogP contribution in [0.4, 0.5) is 0 Å². The van der Waals surface area contributed by atoms with E-state index in [1.54, 1.807) is 38.5 Å². The summed E-state index contributed by atoms with van der Waals surface area (Å²) in [6, 6.07) is 32.7. The van der Waals surface area contributed by atoms with Crippen LogP contribution in [0.1, 0.15) is 57.7 Å². The van der Waals surface area contributed by atoms with Gasteiger partial charge in [0.15, 0.2) is 6.10 Å². The van der Waals surface area contributed by atoms with Crippen LogP contribution in [0.2, 0.25) is 0 Å². The summed E-state index contributed by atoms with van der Waals surface area (Å²) < 4.78 is 16.8. The smallest absolute Gasteiger partial charge is 0.338 e. The molecule has 0 heterocycles. The van der Waals surface area contributed by atoms with Crippen LogP contribution in [-0.4, -0.2) is 38.9 Å². The normalized spacial score (nSPS) is 12.9. The zero-order chi connectivity index (χ0) is 32.4. The highest BCUT2D eigenvalue weighted by Gasteiger charge is 2.30. The van der Waals surface area contributed by atoms with E-state index in [0.717, 1.165) is 42.1 Å². The Bertz CT molecular complexity index is 1540. The molecular formula is C39H40O6. The van der Waals surface area contributed by atoms with E-state index in [2.05, 4.69) is 43.3 Å². The number of rotatable bonds is 9. The summed E-state index contributed by atoms with van der Waals surface area (Å²) >= 11 is 0. The molecule has 0 N–H and O–H groups in total. The summed E-state index contributed by atoms with van der Waals surface area (Å²) in [6.07, 6.45) is 8.84. The van der Waals surface area contributed by atoms with Gasteiger partial charge in [0, 0.05) is 12.7 Å². The number of ether oxygens (including phenoxy) is 3. The van der Waals surface area contributed by atoms with Gasteiger partial charge in [-0.3, -0.25) is 4.79 Å². The predicted octanol–water partition coefficient (Wildman–Crippen LogP) is 8.56. The van der Waals surface area contributed by atoms with Crippen LogP contribution in [0, 0.1) is 6.92 Å². The summed E-state index contributed by atoms with van der Waals surface area (Å²) in [5, 5.41) is 0. The van der Waals surface area contributed by atoms with Crippen molar-refractivity contribution in [2.75, 3.05) is 14.2 Å². The highest BCUT2D eigenvalue weighted by atomic mass is 16.6. The SMILES string of the molecule is CC=O.COc1ccc(C(=O)O[C@H](C2=CCCC=C2)[C@H](OC)c2ccccc2)cc1.Cc1ccc(-c2ccc(C=O)cc2)cc1. The van der Waals surface area contributed by atoms with Gasteiger partial charge in [-0.2, -0.15) is 0 Å². The first-order chi connectivity index (χ1) is 21.9. The van der Waals surface area contributed by atoms with Crippen LogP contribution in [-0.2, 0) is 14.3 Å². The molecular weight excluding hydrogens is 564 g/mol. The van der Waals surface area contributed by atoms with Gasteiger partial charge in [-0.1, -0.05) is 103 Å². The molecule has 232 valence electrons. The van der Waals surface area contributed by atoms with Crippen molar-refractivity contribution in [1.82, 2.24) is 0 Å². The monoisotopic (exact) mass is 604 g/mol. The number of hydrogen-bond acceptors (Lipinski definition) is 6. The second kappa shape index (κ2) is 18.6. The average Bonchev–Trinajstić information content (AvgIpc) is 3.10. The fourth-order valence-corrected chi connectivity index (χ4v) is 4.64. The molecule has 6 nitrogen and oxygen atoms in total. The summed E-state index contributed by atoms with van der Waals surface area (Å²) in [4.78, 5) is 32.1. The molecule has 1 aliphatic rings. The molecule has 0 aliphatic heterocycles. The van der Waals surface area contributed by atoms with Gasteiger partial charge in [0.25, 0.3) is 0 Å². The Morgan fingerprint density at radius 3 is 1.87 bits per heavy atom. The Kier molecular flexibility index (Phi) is 14.2. The molecule has 0 bridgehead atoms. The van der Waals surface area contributed by atoms with E-state index >= 15 is 0 Å². The molecule has 5 rings (SSSR count). The number of aldehydes is 2. The van der Waals surface area contributed by atoms with Gasteiger partial charge in [-0.05, 0) is 73.2 Å². The minimum atomic E-state index is -0.524. The van der Waals surface area contributed by atoms with Crippen molar-refractivity contribution in [3.05, 3.63) is 149 Å². The zero-order valence-corrected chi connectivity index (χ0v) is 26.2. The Labute approximate surface area is 266 Å². The lowest BCUT2D eigenvalue weighted by molar-refractivity contribution is -0.106. The Hall–Kier alpha value is -5.07. The van der Waals surface area contributed by atoms with E-state index < -0.39 is 6.10 Å². The first-order valence-corrected chi connectivity index (χ1v) is 14.8. The number of methoxy groups -OCH3 is 2. The molecule has 0 saturated carbocycles. The number of allylic oxidation sites excluding steroid dienone is 2. The number of esters is 1. The van der Waals surface area contributed by atoms with Crippen molar-refractivity contribution in [1.29, 1.82) is 0 Å². The van der Waals surface area contributed by atoms with Gasteiger partial charge in [-0.25, -0.2) is 4.79 Å². The molecule has 0 fully saturated rings. The predicted molar refractivity (Wildman–Crippen MR) is 179 cm³/mol. The fourth-order valence-electron chi connectivity index (χ4n) is 4.64. The molecule has 0 radical (unpaired) electrons. The number of carbonyl (C=O) groups is 3. The molecule has 45 heavy (non-hydrogen) atoms. The second-order valence-electron chi connectivity index (χ2n) is 10.1. The molecule has 0 unspecified atom stereocenters. The van der Waals surface area contributed by atoms with Crippen molar-refractivity contribution in [3.8, 4) is 16.9 Å². The van der Waals surface area contributed by atoms with Crippen molar-refractivity contribution in [2.45, 2.75) is 38.9 Å². The van der Waals surface area contributed by atoms with Gasteiger partial charge in [-0.15, -0.1) is 0 Å². The molecule has 2 atom stereocenters. The molecule has 0 amide bonds. The summed E-state index contributed by atoms with van der Waals surface area (Å²) in [5.74, 6) is 0.306. The van der Waals surface area contributed by atoms with Crippen molar-refractivity contribution in [2.24, 2.45) is 0 Å². The highest BCUT2D eigenvalue weighted by molar-refractivity contribution is 5.89. The van der Waals surface area contributed by atoms with Crippen molar-refractivity contribution >= 4 is 18.5 Å². The van der Waals surface area contributed by atoms with Gasteiger partial charge in [0.05, 0.1) is 12.7 Å². The van der Waals surface area contributed by atoms with Crippen LogP contribution in [0.25, 0.3) is 11.1 Å². The van der Waals surface area contributed by atoms with Gasteiger partial charge >= 0.3 is 5.97 Å². The zero-order valence-electron chi connectivity index (χ0n) is 26.2. The molecule has 4 aromatic carbocycles. The van der Waals surface area contributed by atoms with Gasteiger partial charge < -0.3 is 19.0 Å². The van der Waals surface area contributed by atoms with Crippen molar-refractivity contribution in [3.63, 3.8) is 0 Å². The molecule has 0 aromatic heterocycles. The maximum Gasteiger partial charge on any atom is 0.338 e. The highest BCUT2D eigenvalue weighted by Crippen LogP contribution is 2.31. The number of hydrogen-bond donors (Lipinski definition) is 0. The lowest BCUT2D eigenvalue weighted by Gasteiger charge is -2.28. The minimum Gasteiger partial charge on any atom is -0.497 e. The van der Waals surface area contributed by atoms with Gasteiger partial charge in [0.2, 0.25) is 0 Å². The Balaban J connectivity index is 0.000000258.